The van der Waals surface area contributed by atoms with Gasteiger partial charge in [0.1, 0.15) is 16.4 Å². The van der Waals surface area contributed by atoms with Gasteiger partial charge in [-0.2, -0.15) is 5.10 Å². The van der Waals surface area contributed by atoms with Crippen LogP contribution >= 0.6 is 34.5 Å². The summed E-state index contributed by atoms with van der Waals surface area (Å²) in [6, 6.07) is 12.5. The SMILES string of the molecule is COC(=O)c1sc(NN=c2cc(-c3ccc(OC)cc3)oc3c(Cl)cc(Cl)cc23)nc1C. The van der Waals surface area contributed by atoms with Crippen molar-refractivity contribution in [2.45, 2.75) is 6.92 Å². The van der Waals surface area contributed by atoms with E-state index in [2.05, 4.69) is 15.5 Å². The fraction of sp³-hybridized carbons (Fsp3) is 0.136. The van der Waals surface area contributed by atoms with Gasteiger partial charge in [-0.05, 0) is 43.3 Å². The van der Waals surface area contributed by atoms with E-state index >= 15 is 0 Å². The van der Waals surface area contributed by atoms with Gasteiger partial charge in [-0.1, -0.05) is 34.5 Å². The lowest BCUT2D eigenvalue weighted by atomic mass is 10.1. The summed E-state index contributed by atoms with van der Waals surface area (Å²) in [5.74, 6) is 0.833. The Bertz CT molecular complexity index is 1380. The molecule has 2 aromatic heterocycles. The Morgan fingerprint density at radius 2 is 1.91 bits per heavy atom. The topological polar surface area (TPSA) is 86.0 Å². The maximum atomic E-state index is 11.9. The zero-order valence-electron chi connectivity index (χ0n) is 17.2. The summed E-state index contributed by atoms with van der Waals surface area (Å²) in [7, 11) is 2.93. The molecule has 4 rings (SSSR count). The van der Waals surface area contributed by atoms with Gasteiger partial charge >= 0.3 is 5.97 Å². The van der Waals surface area contributed by atoms with Gasteiger partial charge in [-0.3, -0.25) is 5.43 Å². The van der Waals surface area contributed by atoms with Crippen LogP contribution in [0.1, 0.15) is 15.4 Å². The molecule has 7 nitrogen and oxygen atoms in total. The number of anilines is 1. The molecule has 0 atom stereocenters. The lowest BCUT2D eigenvalue weighted by Gasteiger charge is -2.08. The van der Waals surface area contributed by atoms with Crippen molar-refractivity contribution in [1.29, 1.82) is 0 Å². The molecular weight excluding hydrogens is 473 g/mol. The van der Waals surface area contributed by atoms with Gasteiger partial charge in [0.05, 0.1) is 30.3 Å². The van der Waals surface area contributed by atoms with E-state index in [1.165, 1.54) is 7.11 Å². The fourth-order valence-corrected chi connectivity index (χ4v) is 4.38. The molecular formula is C22H17Cl2N3O4S. The quantitative estimate of drug-likeness (QED) is 0.277. The largest absolute Gasteiger partial charge is 0.497 e. The first-order valence-electron chi connectivity index (χ1n) is 9.32. The van der Waals surface area contributed by atoms with E-state index in [1.807, 2.05) is 24.3 Å². The van der Waals surface area contributed by atoms with Gasteiger partial charge in [0.2, 0.25) is 5.13 Å². The number of nitrogens with zero attached hydrogens (tertiary/aromatic N) is 2. The van der Waals surface area contributed by atoms with Gasteiger partial charge in [0, 0.05) is 22.0 Å². The minimum atomic E-state index is -0.447. The third-order valence-electron chi connectivity index (χ3n) is 4.58. The third kappa shape index (κ3) is 4.43. The Labute approximate surface area is 197 Å². The first-order chi connectivity index (χ1) is 15.4. The molecule has 0 aliphatic rings. The number of aryl methyl sites for hydroxylation is 1. The first-order valence-corrected chi connectivity index (χ1v) is 10.9. The number of esters is 1. The lowest BCUT2D eigenvalue weighted by molar-refractivity contribution is 0.0605. The number of carbonyl (C=O) groups excluding carboxylic acids is 1. The molecule has 0 amide bonds. The highest BCUT2D eigenvalue weighted by atomic mass is 35.5. The predicted octanol–water partition coefficient (Wildman–Crippen LogP) is 5.89. The summed E-state index contributed by atoms with van der Waals surface area (Å²) in [6.07, 6.45) is 0. The van der Waals surface area contributed by atoms with Crippen molar-refractivity contribution in [2.24, 2.45) is 5.10 Å². The number of halogens is 2. The molecule has 164 valence electrons. The van der Waals surface area contributed by atoms with Crippen LogP contribution in [0.25, 0.3) is 22.3 Å². The maximum Gasteiger partial charge on any atom is 0.350 e. The van der Waals surface area contributed by atoms with Gasteiger partial charge < -0.3 is 13.9 Å². The molecule has 0 unspecified atom stereocenters. The van der Waals surface area contributed by atoms with E-state index in [0.29, 0.717) is 47.8 Å². The zero-order valence-corrected chi connectivity index (χ0v) is 19.6. The monoisotopic (exact) mass is 489 g/mol. The number of nitrogens with one attached hydrogen (secondary N) is 1. The molecule has 4 aromatic rings. The van der Waals surface area contributed by atoms with Crippen molar-refractivity contribution in [3.05, 3.63) is 68.4 Å². The van der Waals surface area contributed by atoms with Crippen LogP contribution in [0.5, 0.6) is 5.75 Å². The number of fused-ring (bicyclic) bond motifs is 1. The van der Waals surface area contributed by atoms with Gasteiger partial charge in [0.15, 0.2) is 5.58 Å². The highest BCUT2D eigenvalue weighted by Crippen LogP contribution is 2.30. The van der Waals surface area contributed by atoms with Crippen molar-refractivity contribution < 1.29 is 18.7 Å². The summed E-state index contributed by atoms with van der Waals surface area (Å²) >= 11 is 13.8. The summed E-state index contributed by atoms with van der Waals surface area (Å²) in [5.41, 5.74) is 4.71. The first kappa shape index (κ1) is 22.1. The molecule has 0 spiro atoms. The molecule has 10 heteroatoms. The normalized spacial score (nSPS) is 11.6. The van der Waals surface area contributed by atoms with Crippen LogP contribution in [-0.2, 0) is 4.74 Å². The summed E-state index contributed by atoms with van der Waals surface area (Å²) in [6.45, 7) is 1.73. The van der Waals surface area contributed by atoms with Crippen LogP contribution in [0.3, 0.4) is 0 Å². The molecule has 0 bridgehead atoms. The van der Waals surface area contributed by atoms with E-state index in [9.17, 15) is 4.79 Å². The van der Waals surface area contributed by atoms with Crippen LogP contribution in [0.2, 0.25) is 10.0 Å². The van der Waals surface area contributed by atoms with E-state index in [1.54, 1.807) is 32.2 Å². The Morgan fingerprint density at radius 1 is 1.16 bits per heavy atom. The van der Waals surface area contributed by atoms with Gasteiger partial charge in [-0.25, -0.2) is 9.78 Å². The number of methoxy groups -OCH3 is 2. The molecule has 0 fully saturated rings. The predicted molar refractivity (Wildman–Crippen MR) is 126 cm³/mol. The molecule has 1 N–H and O–H groups in total. The number of aromatic nitrogens is 1. The smallest absolute Gasteiger partial charge is 0.350 e. The highest BCUT2D eigenvalue weighted by molar-refractivity contribution is 7.17. The number of hydrogen-bond acceptors (Lipinski definition) is 8. The van der Waals surface area contributed by atoms with E-state index < -0.39 is 5.97 Å². The number of benzene rings is 2. The third-order valence-corrected chi connectivity index (χ3v) is 6.12. The second kappa shape index (κ2) is 9.20. The van der Waals surface area contributed by atoms with Gasteiger partial charge in [-0.15, -0.1) is 0 Å². The molecule has 0 radical (unpaired) electrons. The summed E-state index contributed by atoms with van der Waals surface area (Å²) < 4.78 is 16.1. The Hall–Kier alpha value is -3.07. The fourth-order valence-electron chi connectivity index (χ4n) is 3.02. The zero-order chi connectivity index (χ0) is 22.8. The van der Waals surface area contributed by atoms with Crippen LogP contribution in [0.15, 0.2) is 52.0 Å². The summed E-state index contributed by atoms with van der Waals surface area (Å²) in [5, 5.41) is 6.89. The Morgan fingerprint density at radius 3 is 2.59 bits per heavy atom. The van der Waals surface area contributed by atoms with Crippen LogP contribution in [0.4, 0.5) is 5.13 Å². The minimum absolute atomic E-state index is 0.359. The minimum Gasteiger partial charge on any atom is -0.497 e. The molecule has 0 aliphatic carbocycles. The highest BCUT2D eigenvalue weighted by Gasteiger charge is 2.16. The Kier molecular flexibility index (Phi) is 6.36. The molecule has 0 aliphatic heterocycles. The molecule has 2 aromatic carbocycles. The average Bonchev–Trinajstić information content (AvgIpc) is 3.17. The Balaban J connectivity index is 1.84. The van der Waals surface area contributed by atoms with Crippen molar-refractivity contribution in [3.63, 3.8) is 0 Å². The van der Waals surface area contributed by atoms with E-state index in [4.69, 9.17) is 37.1 Å². The number of hydrogen-bond donors (Lipinski definition) is 1. The van der Waals surface area contributed by atoms with Crippen molar-refractivity contribution in [3.8, 4) is 17.1 Å². The van der Waals surface area contributed by atoms with Crippen LogP contribution < -0.4 is 15.5 Å². The van der Waals surface area contributed by atoms with Crippen molar-refractivity contribution in [2.75, 3.05) is 19.6 Å². The number of ether oxygens (including phenoxy) is 2. The average molecular weight is 490 g/mol. The van der Waals surface area contributed by atoms with E-state index in [-0.39, 0.29) is 0 Å². The summed E-state index contributed by atoms with van der Waals surface area (Å²) in [4.78, 5) is 16.6. The standard InChI is InChI=1S/C22H17Cl2N3O4S/c1-11-20(21(28)30-3)32-22(25-11)27-26-17-10-18(12-4-6-14(29-2)7-5-12)31-19-15(17)8-13(23)9-16(19)24/h4-10H,1-3H3,(H,25,27). The second-order valence-electron chi connectivity index (χ2n) is 6.64. The van der Waals surface area contributed by atoms with Crippen LogP contribution in [-0.4, -0.2) is 25.2 Å². The number of thiazole rings is 1. The molecule has 2 heterocycles. The van der Waals surface area contributed by atoms with Gasteiger partial charge in [0.25, 0.3) is 0 Å². The van der Waals surface area contributed by atoms with Crippen molar-refractivity contribution in [1.82, 2.24) is 4.98 Å². The number of carbonyl (C=O) groups is 1. The van der Waals surface area contributed by atoms with Crippen molar-refractivity contribution >= 4 is 56.6 Å². The molecule has 0 saturated carbocycles. The van der Waals surface area contributed by atoms with Crippen LogP contribution in [0, 0.1) is 6.92 Å². The number of rotatable bonds is 5. The molecule has 0 saturated heterocycles. The maximum absolute atomic E-state index is 11.9. The second-order valence-corrected chi connectivity index (χ2v) is 8.48. The lowest BCUT2D eigenvalue weighted by Crippen LogP contribution is -2.07. The van der Waals surface area contributed by atoms with E-state index in [0.717, 1.165) is 22.6 Å². The molecule has 32 heavy (non-hydrogen) atoms.